The van der Waals surface area contributed by atoms with Gasteiger partial charge >= 0.3 is 5.63 Å². The second-order valence-electron chi connectivity index (χ2n) is 7.59. The van der Waals surface area contributed by atoms with Crippen molar-refractivity contribution in [2.24, 2.45) is 0 Å². The molecule has 1 amide bonds. The summed E-state index contributed by atoms with van der Waals surface area (Å²) in [6, 6.07) is 13.6. The number of fused-ring (bicyclic) bond motifs is 3. The topological polar surface area (TPSA) is 115 Å². The van der Waals surface area contributed by atoms with Crippen LogP contribution in [-0.2, 0) is 11.3 Å². The number of nitro benzene ring substituents is 1. The maximum absolute atomic E-state index is 13.0. The molecule has 0 unspecified atom stereocenters. The predicted molar refractivity (Wildman–Crippen MR) is 118 cm³/mol. The van der Waals surface area contributed by atoms with Crippen LogP contribution in [0.1, 0.15) is 0 Å². The average molecular weight is 433 g/mol. The summed E-state index contributed by atoms with van der Waals surface area (Å²) in [5.74, 6) is -0.0873. The predicted octanol–water partition coefficient (Wildman–Crippen LogP) is 2.40. The Morgan fingerprint density at radius 2 is 1.75 bits per heavy atom. The lowest BCUT2D eigenvalue weighted by Crippen LogP contribution is -2.49. The summed E-state index contributed by atoms with van der Waals surface area (Å²) in [5, 5.41) is 16.2. The van der Waals surface area contributed by atoms with Gasteiger partial charge in [-0.05, 0) is 24.3 Å². The molecule has 2 aromatic heterocycles. The van der Waals surface area contributed by atoms with E-state index in [2.05, 4.69) is 10.00 Å². The van der Waals surface area contributed by atoms with Gasteiger partial charge in [-0.3, -0.25) is 19.6 Å². The molecule has 1 fully saturated rings. The first-order chi connectivity index (χ1) is 15.5. The van der Waals surface area contributed by atoms with Crippen molar-refractivity contribution in [3.05, 3.63) is 75.3 Å². The number of anilines is 1. The van der Waals surface area contributed by atoms with Gasteiger partial charge in [-0.2, -0.15) is 5.10 Å². The van der Waals surface area contributed by atoms with Gasteiger partial charge in [0.25, 0.3) is 5.69 Å². The molecule has 0 aliphatic carbocycles. The van der Waals surface area contributed by atoms with E-state index in [-0.39, 0.29) is 18.1 Å². The molecular weight excluding hydrogens is 414 g/mol. The van der Waals surface area contributed by atoms with Gasteiger partial charge in [-0.15, -0.1) is 0 Å². The van der Waals surface area contributed by atoms with Crippen LogP contribution in [0, 0.1) is 10.1 Å². The summed E-state index contributed by atoms with van der Waals surface area (Å²) in [6.07, 6.45) is 1.44. The molecule has 0 saturated carbocycles. The summed E-state index contributed by atoms with van der Waals surface area (Å²) >= 11 is 0. The molecule has 0 N–H and O–H groups in total. The van der Waals surface area contributed by atoms with Crippen molar-refractivity contribution >= 4 is 39.2 Å². The Bertz CT molecular complexity index is 1380. The van der Waals surface area contributed by atoms with Crippen LogP contribution >= 0.6 is 0 Å². The zero-order valence-corrected chi connectivity index (χ0v) is 17.0. The van der Waals surface area contributed by atoms with E-state index in [9.17, 15) is 19.7 Å². The Kier molecular flexibility index (Phi) is 4.81. The second kappa shape index (κ2) is 7.80. The van der Waals surface area contributed by atoms with Gasteiger partial charge in [0.15, 0.2) is 0 Å². The maximum Gasteiger partial charge on any atom is 0.347 e. The number of para-hydroxylation sites is 1. The highest BCUT2D eigenvalue weighted by Gasteiger charge is 2.23. The fourth-order valence-electron chi connectivity index (χ4n) is 4.07. The highest BCUT2D eigenvalue weighted by Crippen LogP contribution is 2.23. The molecule has 1 saturated heterocycles. The van der Waals surface area contributed by atoms with Crippen LogP contribution < -0.4 is 10.5 Å². The van der Waals surface area contributed by atoms with E-state index >= 15 is 0 Å². The largest absolute Gasteiger partial charge is 0.422 e. The smallest absolute Gasteiger partial charge is 0.347 e. The summed E-state index contributed by atoms with van der Waals surface area (Å²) < 4.78 is 6.89. The van der Waals surface area contributed by atoms with Crippen molar-refractivity contribution in [1.29, 1.82) is 0 Å². The fraction of sp³-hybridized carbons (Fsp3) is 0.227. The molecule has 1 aliphatic heterocycles. The van der Waals surface area contributed by atoms with Crippen LogP contribution in [0.4, 0.5) is 11.4 Å². The molecule has 2 aromatic carbocycles. The molecule has 5 rings (SSSR count). The van der Waals surface area contributed by atoms with Crippen LogP contribution in [0.5, 0.6) is 0 Å². The molecular formula is C22H19N5O5. The van der Waals surface area contributed by atoms with Gasteiger partial charge in [0, 0.05) is 49.4 Å². The quantitative estimate of drug-likeness (QED) is 0.276. The number of carbonyl (C=O) groups is 1. The number of non-ortho nitro benzene ring substituents is 1. The van der Waals surface area contributed by atoms with E-state index < -0.39 is 10.5 Å². The molecule has 0 spiro atoms. The van der Waals surface area contributed by atoms with E-state index in [1.165, 1.54) is 18.3 Å². The Morgan fingerprint density at radius 3 is 2.47 bits per heavy atom. The number of hydrogen-bond donors (Lipinski definition) is 0. The summed E-state index contributed by atoms with van der Waals surface area (Å²) in [5.41, 5.74) is 1.51. The minimum absolute atomic E-state index is 0.0223. The number of benzene rings is 2. The second-order valence-corrected chi connectivity index (χ2v) is 7.59. The molecule has 0 bridgehead atoms. The highest BCUT2D eigenvalue weighted by atomic mass is 16.6. The number of piperazine rings is 1. The first-order valence-electron chi connectivity index (χ1n) is 10.2. The highest BCUT2D eigenvalue weighted by molar-refractivity contribution is 6.02. The number of nitrogens with zero attached hydrogens (tertiary/aromatic N) is 5. The van der Waals surface area contributed by atoms with E-state index in [4.69, 9.17) is 4.42 Å². The molecule has 0 radical (unpaired) electrons. The maximum atomic E-state index is 13.0. The SMILES string of the molecule is O=C(Cn1ncc2c(=O)oc3ccccc3c21)N1CCN(c2ccc([N+](=O)[O-])cc2)CC1. The van der Waals surface area contributed by atoms with E-state index in [0.29, 0.717) is 42.7 Å². The first-order valence-corrected chi connectivity index (χ1v) is 10.2. The third-order valence-corrected chi connectivity index (χ3v) is 5.75. The van der Waals surface area contributed by atoms with Crippen molar-refractivity contribution in [3.63, 3.8) is 0 Å². The van der Waals surface area contributed by atoms with Gasteiger partial charge in [-0.25, -0.2) is 4.79 Å². The van der Waals surface area contributed by atoms with Crippen molar-refractivity contribution in [1.82, 2.24) is 14.7 Å². The monoisotopic (exact) mass is 433 g/mol. The normalized spacial score (nSPS) is 14.2. The summed E-state index contributed by atoms with van der Waals surface area (Å²) in [7, 11) is 0. The Balaban J connectivity index is 1.31. The zero-order valence-electron chi connectivity index (χ0n) is 17.0. The standard InChI is InChI=1S/C22H19N5O5/c28-20(25-11-9-24(10-12-25)15-5-7-16(8-6-15)27(30)31)14-26-21-17-3-1-2-4-19(17)32-22(29)18(21)13-23-26/h1-8,13H,9-12,14H2. The summed E-state index contributed by atoms with van der Waals surface area (Å²) in [6.45, 7) is 2.32. The van der Waals surface area contributed by atoms with Crippen LogP contribution in [0.3, 0.4) is 0 Å². The van der Waals surface area contributed by atoms with Gasteiger partial charge in [-0.1, -0.05) is 12.1 Å². The molecule has 4 aromatic rings. The number of nitro groups is 1. The Morgan fingerprint density at radius 1 is 1.03 bits per heavy atom. The van der Waals surface area contributed by atoms with Gasteiger partial charge in [0.05, 0.1) is 16.6 Å². The number of amides is 1. The number of rotatable bonds is 4. The molecule has 0 atom stereocenters. The van der Waals surface area contributed by atoms with Crippen molar-refractivity contribution in [2.45, 2.75) is 6.54 Å². The van der Waals surface area contributed by atoms with Crippen LogP contribution in [-0.4, -0.2) is 51.7 Å². The van der Waals surface area contributed by atoms with Crippen LogP contribution in [0.25, 0.3) is 21.9 Å². The van der Waals surface area contributed by atoms with Crippen molar-refractivity contribution < 1.29 is 14.1 Å². The lowest BCUT2D eigenvalue weighted by Gasteiger charge is -2.36. The lowest BCUT2D eigenvalue weighted by molar-refractivity contribution is -0.384. The van der Waals surface area contributed by atoms with Crippen molar-refractivity contribution in [3.8, 4) is 0 Å². The van der Waals surface area contributed by atoms with Crippen LogP contribution in [0.15, 0.2) is 63.9 Å². The number of hydrogen-bond acceptors (Lipinski definition) is 7. The minimum atomic E-state index is -0.478. The fourth-order valence-corrected chi connectivity index (χ4v) is 4.07. The molecule has 3 heterocycles. The Hall–Kier alpha value is -4.21. The third-order valence-electron chi connectivity index (χ3n) is 5.75. The lowest BCUT2D eigenvalue weighted by atomic mass is 10.2. The molecule has 162 valence electrons. The number of aromatic nitrogens is 2. The number of carbonyl (C=O) groups excluding carboxylic acids is 1. The molecule has 10 heteroatoms. The summed E-state index contributed by atoms with van der Waals surface area (Å²) in [4.78, 5) is 39.5. The van der Waals surface area contributed by atoms with E-state index in [1.54, 1.807) is 33.8 Å². The Labute approximate surface area is 181 Å². The van der Waals surface area contributed by atoms with Crippen LogP contribution in [0.2, 0.25) is 0 Å². The molecule has 32 heavy (non-hydrogen) atoms. The van der Waals surface area contributed by atoms with Crippen molar-refractivity contribution in [2.75, 3.05) is 31.1 Å². The van der Waals surface area contributed by atoms with E-state index in [1.807, 2.05) is 12.1 Å². The van der Waals surface area contributed by atoms with Gasteiger partial charge in [0.1, 0.15) is 17.5 Å². The zero-order chi connectivity index (χ0) is 22.2. The minimum Gasteiger partial charge on any atom is -0.422 e. The first kappa shape index (κ1) is 19.7. The van der Waals surface area contributed by atoms with Gasteiger partial charge in [0.2, 0.25) is 5.91 Å². The third kappa shape index (κ3) is 3.45. The molecule has 10 nitrogen and oxygen atoms in total. The molecule has 1 aliphatic rings. The van der Waals surface area contributed by atoms with E-state index in [0.717, 1.165) is 11.1 Å². The average Bonchev–Trinajstić information content (AvgIpc) is 3.24. The van der Waals surface area contributed by atoms with Gasteiger partial charge < -0.3 is 14.2 Å².